The molecule has 0 heterocycles. The molecule has 0 fully saturated rings. The van der Waals surface area contributed by atoms with E-state index in [4.69, 9.17) is 0 Å². The summed E-state index contributed by atoms with van der Waals surface area (Å²) in [7, 11) is 0. The summed E-state index contributed by atoms with van der Waals surface area (Å²) in [5, 5.41) is 13.9. The predicted molar refractivity (Wildman–Crippen MR) is 116 cm³/mol. The fourth-order valence-corrected chi connectivity index (χ4v) is 2.97. The van der Waals surface area contributed by atoms with Gasteiger partial charge in [-0.15, -0.1) is 0 Å². The molecule has 0 bridgehead atoms. The van der Waals surface area contributed by atoms with Crippen LogP contribution >= 0.6 is 0 Å². The molecule has 2 aromatic carbocycles. The van der Waals surface area contributed by atoms with E-state index in [1.165, 1.54) is 12.1 Å². The van der Waals surface area contributed by atoms with E-state index in [2.05, 4.69) is 10.3 Å². The van der Waals surface area contributed by atoms with Crippen LogP contribution in [-0.2, 0) is 17.6 Å². The molecule has 2 rings (SSSR count). The number of hydrogen-bond donors (Lipinski definition) is 1. The monoisotopic (exact) mass is 393 g/mol. The van der Waals surface area contributed by atoms with Crippen LogP contribution in [0.1, 0.15) is 38.3 Å². The third-order valence-corrected chi connectivity index (χ3v) is 4.65. The maximum absolute atomic E-state index is 12.6. The number of nitro groups is 1. The Morgan fingerprint density at radius 3 is 2.34 bits per heavy atom. The molecule has 6 nitrogen and oxygen atoms in total. The molecule has 0 unspecified atom stereocenters. The van der Waals surface area contributed by atoms with E-state index < -0.39 is 4.92 Å². The van der Waals surface area contributed by atoms with Gasteiger partial charge in [0.25, 0.3) is 5.69 Å². The molecule has 29 heavy (non-hydrogen) atoms. The Bertz CT molecular complexity index is 887. The van der Waals surface area contributed by atoms with Crippen LogP contribution in [0.3, 0.4) is 0 Å². The average Bonchev–Trinajstić information content (AvgIpc) is 2.72. The summed E-state index contributed by atoms with van der Waals surface area (Å²) in [4.78, 5) is 27.7. The highest BCUT2D eigenvalue weighted by atomic mass is 16.6. The van der Waals surface area contributed by atoms with Gasteiger partial charge in [-0.3, -0.25) is 19.9 Å². The highest BCUT2D eigenvalue weighted by molar-refractivity contribution is 5.92. The molecule has 1 amide bonds. The quantitative estimate of drug-likeness (QED) is 0.383. The Morgan fingerprint density at radius 2 is 1.79 bits per heavy atom. The van der Waals surface area contributed by atoms with Crippen LogP contribution in [0, 0.1) is 10.1 Å². The SMILES string of the molecule is C/C=C(/CC)N=C(C)[C@H](Cc1ccc([N+](=O)[O-])cc1)NC(=O)Cc1ccccc1. The second-order valence-corrected chi connectivity index (χ2v) is 6.80. The molecule has 1 atom stereocenters. The minimum atomic E-state index is -0.421. The molecule has 6 heteroatoms. The Kier molecular flexibility index (Phi) is 8.27. The van der Waals surface area contributed by atoms with Crippen molar-refractivity contribution in [2.24, 2.45) is 4.99 Å². The number of hydrogen-bond acceptors (Lipinski definition) is 4. The van der Waals surface area contributed by atoms with Crippen LogP contribution in [0.4, 0.5) is 5.69 Å². The van der Waals surface area contributed by atoms with Gasteiger partial charge >= 0.3 is 0 Å². The first-order valence-electron chi connectivity index (χ1n) is 9.70. The number of non-ortho nitro benzene ring substituents is 1. The van der Waals surface area contributed by atoms with Crippen LogP contribution in [-0.4, -0.2) is 22.6 Å². The lowest BCUT2D eigenvalue weighted by atomic mass is 10.0. The van der Waals surface area contributed by atoms with Crippen molar-refractivity contribution < 1.29 is 9.72 Å². The van der Waals surface area contributed by atoms with Crippen molar-refractivity contribution in [3.63, 3.8) is 0 Å². The maximum Gasteiger partial charge on any atom is 0.269 e. The highest BCUT2D eigenvalue weighted by Gasteiger charge is 2.17. The van der Waals surface area contributed by atoms with E-state index in [-0.39, 0.29) is 24.1 Å². The van der Waals surface area contributed by atoms with Gasteiger partial charge in [0.1, 0.15) is 0 Å². The van der Waals surface area contributed by atoms with Gasteiger partial charge < -0.3 is 5.32 Å². The van der Waals surface area contributed by atoms with Gasteiger partial charge in [-0.05, 0) is 37.8 Å². The minimum Gasteiger partial charge on any atom is -0.347 e. The van der Waals surface area contributed by atoms with Crippen molar-refractivity contribution in [2.45, 2.75) is 46.1 Å². The van der Waals surface area contributed by atoms with E-state index in [9.17, 15) is 14.9 Å². The summed E-state index contributed by atoms with van der Waals surface area (Å²) in [5.41, 5.74) is 3.64. The molecule has 0 spiro atoms. The molecular formula is C23H27N3O3. The topological polar surface area (TPSA) is 84.6 Å². The summed E-state index contributed by atoms with van der Waals surface area (Å²) >= 11 is 0. The number of allylic oxidation sites excluding steroid dienone is 2. The van der Waals surface area contributed by atoms with Crippen molar-refractivity contribution in [1.29, 1.82) is 0 Å². The molecule has 0 aromatic heterocycles. The fourth-order valence-electron chi connectivity index (χ4n) is 2.97. The summed E-state index contributed by atoms with van der Waals surface area (Å²) in [5.74, 6) is -0.0869. The van der Waals surface area contributed by atoms with Crippen LogP contribution in [0.5, 0.6) is 0 Å². The summed E-state index contributed by atoms with van der Waals surface area (Å²) in [6, 6.07) is 15.7. The first-order valence-corrected chi connectivity index (χ1v) is 9.70. The largest absolute Gasteiger partial charge is 0.347 e. The van der Waals surface area contributed by atoms with Gasteiger partial charge in [-0.1, -0.05) is 55.5 Å². The van der Waals surface area contributed by atoms with E-state index in [0.29, 0.717) is 6.42 Å². The Hall–Kier alpha value is -3.28. The lowest BCUT2D eigenvalue weighted by molar-refractivity contribution is -0.384. The van der Waals surface area contributed by atoms with Gasteiger partial charge in [0.2, 0.25) is 5.91 Å². The van der Waals surface area contributed by atoms with Crippen molar-refractivity contribution in [1.82, 2.24) is 5.32 Å². The summed E-state index contributed by atoms with van der Waals surface area (Å²) < 4.78 is 0. The van der Waals surface area contributed by atoms with Crippen LogP contribution < -0.4 is 5.32 Å². The molecule has 152 valence electrons. The highest BCUT2D eigenvalue weighted by Crippen LogP contribution is 2.15. The molecule has 0 aliphatic heterocycles. The number of benzene rings is 2. The summed E-state index contributed by atoms with van der Waals surface area (Å²) in [6.45, 7) is 5.87. The number of nitrogens with zero attached hydrogens (tertiary/aromatic N) is 2. The van der Waals surface area contributed by atoms with Crippen molar-refractivity contribution in [2.75, 3.05) is 0 Å². The number of aliphatic imine (C=N–C) groups is 1. The zero-order valence-corrected chi connectivity index (χ0v) is 17.1. The molecule has 1 N–H and O–H groups in total. The standard InChI is InChI=1S/C23H27N3O3/c1-4-20(5-2)24-17(3)22(15-19-11-13-21(14-12-19)26(28)29)25-23(27)16-18-9-7-6-8-10-18/h4,6-14,22H,5,15-16H2,1-3H3,(H,25,27)/b20-4-,24-17?/t22-/m0/s1. The first kappa shape index (κ1) is 22.0. The van der Waals surface area contributed by atoms with Gasteiger partial charge in [-0.2, -0.15) is 0 Å². The lowest BCUT2D eigenvalue weighted by Gasteiger charge is -2.20. The number of amides is 1. The predicted octanol–water partition coefficient (Wildman–Crippen LogP) is 4.64. The number of carbonyl (C=O) groups is 1. The average molecular weight is 393 g/mol. The van der Waals surface area contributed by atoms with Crippen LogP contribution in [0.25, 0.3) is 0 Å². The minimum absolute atomic E-state index is 0.0472. The number of carbonyl (C=O) groups excluding carboxylic acids is 1. The smallest absolute Gasteiger partial charge is 0.269 e. The normalized spacial score (nSPS) is 13.1. The van der Waals surface area contributed by atoms with Gasteiger partial charge in [0.15, 0.2) is 0 Å². The number of rotatable bonds is 9. The van der Waals surface area contributed by atoms with Crippen LogP contribution in [0.2, 0.25) is 0 Å². The Morgan fingerprint density at radius 1 is 1.14 bits per heavy atom. The molecular weight excluding hydrogens is 366 g/mol. The second kappa shape index (κ2) is 10.9. The molecule has 0 aliphatic rings. The van der Waals surface area contributed by atoms with Crippen molar-refractivity contribution in [3.8, 4) is 0 Å². The number of nitrogens with one attached hydrogen (secondary N) is 1. The van der Waals surface area contributed by atoms with E-state index in [0.717, 1.165) is 29.0 Å². The molecule has 0 aliphatic carbocycles. The molecule has 0 radical (unpaired) electrons. The van der Waals surface area contributed by atoms with E-state index in [1.54, 1.807) is 12.1 Å². The Labute approximate surface area is 171 Å². The Balaban J connectivity index is 2.20. The lowest BCUT2D eigenvalue weighted by Crippen LogP contribution is -2.42. The third kappa shape index (κ3) is 6.99. The molecule has 0 saturated heterocycles. The second-order valence-electron chi connectivity index (χ2n) is 6.80. The van der Waals surface area contributed by atoms with E-state index >= 15 is 0 Å². The molecule has 0 saturated carbocycles. The fraction of sp³-hybridized carbons (Fsp3) is 0.304. The maximum atomic E-state index is 12.6. The van der Waals surface area contributed by atoms with Gasteiger partial charge in [0.05, 0.1) is 17.4 Å². The van der Waals surface area contributed by atoms with Gasteiger partial charge in [0, 0.05) is 23.5 Å². The third-order valence-electron chi connectivity index (χ3n) is 4.65. The van der Waals surface area contributed by atoms with Gasteiger partial charge in [-0.25, -0.2) is 0 Å². The van der Waals surface area contributed by atoms with Crippen LogP contribution in [0.15, 0.2) is 71.4 Å². The first-order chi connectivity index (χ1) is 13.9. The number of nitro benzene ring substituents is 1. The van der Waals surface area contributed by atoms with Crippen molar-refractivity contribution >= 4 is 17.3 Å². The zero-order chi connectivity index (χ0) is 21.2. The van der Waals surface area contributed by atoms with E-state index in [1.807, 2.05) is 57.2 Å². The zero-order valence-electron chi connectivity index (χ0n) is 17.1. The summed E-state index contributed by atoms with van der Waals surface area (Å²) in [6.07, 6.45) is 3.55. The molecule has 2 aromatic rings. The van der Waals surface area contributed by atoms with Crippen molar-refractivity contribution in [3.05, 3.63) is 87.6 Å².